The lowest BCUT2D eigenvalue weighted by Gasteiger charge is -2.41. The molecule has 1 aliphatic rings. The number of hydrogen-bond donors (Lipinski definition) is 1. The highest BCUT2D eigenvalue weighted by Crippen LogP contribution is 2.40. The molecule has 30 heavy (non-hydrogen) atoms. The molecule has 6 nitrogen and oxygen atoms in total. The fraction of sp³-hybridized carbons (Fsp3) is 0.417. The molecule has 0 saturated carbocycles. The lowest BCUT2D eigenvalue weighted by atomic mass is 9.83. The first-order chi connectivity index (χ1) is 14.7. The van der Waals surface area contributed by atoms with Crippen molar-refractivity contribution in [1.82, 2.24) is 5.32 Å². The smallest absolute Gasteiger partial charge is 0.227 e. The number of piperidine rings is 1. The molecular formula is C24H30N2O4. The van der Waals surface area contributed by atoms with Crippen LogP contribution in [0, 0.1) is 5.92 Å². The van der Waals surface area contributed by atoms with Gasteiger partial charge in [-0.25, -0.2) is 0 Å². The van der Waals surface area contributed by atoms with E-state index in [9.17, 15) is 9.59 Å². The predicted molar refractivity (Wildman–Crippen MR) is 117 cm³/mol. The summed E-state index contributed by atoms with van der Waals surface area (Å²) in [6, 6.07) is 16.8. The number of methoxy groups -OCH3 is 1. The Hall–Kier alpha value is -2.86. The second kappa shape index (κ2) is 10.8. The largest absolute Gasteiger partial charge is 0.497 e. The first-order valence-electron chi connectivity index (χ1n) is 10.5. The van der Waals surface area contributed by atoms with Crippen LogP contribution in [0.3, 0.4) is 0 Å². The lowest BCUT2D eigenvalue weighted by molar-refractivity contribution is -0.129. The number of nitrogens with zero attached hydrogens (tertiary/aromatic N) is 1. The van der Waals surface area contributed by atoms with Gasteiger partial charge in [-0.15, -0.1) is 0 Å². The van der Waals surface area contributed by atoms with E-state index in [1.54, 1.807) is 12.0 Å². The number of hydrogen-bond acceptors (Lipinski definition) is 4. The Morgan fingerprint density at radius 2 is 1.87 bits per heavy atom. The molecule has 2 aromatic rings. The molecule has 0 spiro atoms. The molecule has 1 aliphatic heterocycles. The Bertz CT molecular complexity index is 823. The van der Waals surface area contributed by atoms with Gasteiger partial charge in [0.15, 0.2) is 0 Å². The number of anilines is 1. The fourth-order valence-electron chi connectivity index (χ4n) is 3.91. The molecule has 1 saturated heterocycles. The number of ether oxygens (including phenoxy) is 2. The lowest BCUT2D eigenvalue weighted by Crippen LogP contribution is -2.48. The Morgan fingerprint density at radius 1 is 1.13 bits per heavy atom. The van der Waals surface area contributed by atoms with Crippen molar-refractivity contribution in [2.24, 2.45) is 5.92 Å². The number of rotatable bonds is 9. The molecule has 0 bridgehead atoms. The molecule has 0 aromatic heterocycles. The molecule has 2 atom stereocenters. The molecule has 0 radical (unpaired) electrons. The van der Waals surface area contributed by atoms with Crippen LogP contribution in [0.2, 0.25) is 0 Å². The first-order valence-corrected chi connectivity index (χ1v) is 10.5. The number of carbonyl (C=O) groups is 2. The van der Waals surface area contributed by atoms with Gasteiger partial charge in [0, 0.05) is 31.9 Å². The van der Waals surface area contributed by atoms with Crippen molar-refractivity contribution in [2.45, 2.75) is 32.2 Å². The van der Waals surface area contributed by atoms with E-state index in [1.807, 2.05) is 61.5 Å². The summed E-state index contributed by atoms with van der Waals surface area (Å²) in [5, 5.41) is 3.04. The molecule has 160 valence electrons. The Balaban J connectivity index is 1.86. The van der Waals surface area contributed by atoms with Crippen molar-refractivity contribution >= 4 is 17.5 Å². The average molecular weight is 411 g/mol. The minimum atomic E-state index is -0.354. The molecule has 6 heteroatoms. The minimum Gasteiger partial charge on any atom is -0.497 e. The zero-order valence-corrected chi connectivity index (χ0v) is 17.7. The number of benzene rings is 2. The monoisotopic (exact) mass is 410 g/mol. The minimum absolute atomic E-state index is 0.0219. The van der Waals surface area contributed by atoms with Crippen LogP contribution in [-0.4, -0.2) is 38.7 Å². The molecule has 2 aromatic carbocycles. The van der Waals surface area contributed by atoms with Crippen LogP contribution in [0.1, 0.15) is 37.8 Å². The van der Waals surface area contributed by atoms with Crippen LogP contribution >= 0.6 is 0 Å². The van der Waals surface area contributed by atoms with E-state index in [4.69, 9.17) is 9.47 Å². The molecule has 3 rings (SSSR count). The maximum atomic E-state index is 13.1. The van der Waals surface area contributed by atoms with Gasteiger partial charge >= 0.3 is 0 Å². The van der Waals surface area contributed by atoms with Crippen LogP contribution in [0.4, 0.5) is 5.69 Å². The zero-order valence-electron chi connectivity index (χ0n) is 17.7. The van der Waals surface area contributed by atoms with E-state index in [-0.39, 0.29) is 23.8 Å². The van der Waals surface area contributed by atoms with Gasteiger partial charge in [0.2, 0.25) is 11.8 Å². The molecule has 2 amide bonds. The topological polar surface area (TPSA) is 67.9 Å². The van der Waals surface area contributed by atoms with Crippen LogP contribution in [-0.2, 0) is 14.3 Å². The van der Waals surface area contributed by atoms with E-state index >= 15 is 0 Å². The fourth-order valence-corrected chi connectivity index (χ4v) is 3.91. The second-order valence-electron chi connectivity index (χ2n) is 7.30. The standard InChI is InChI=1S/C24H30N2O4/c1-3-30-17-7-16-25-24(28)21-14-15-22(27)26(19-10-12-20(29-2)13-11-19)23(21)18-8-5-4-6-9-18/h4-6,8-13,21,23H,3,7,14-17H2,1-2H3,(H,25,28). The van der Waals surface area contributed by atoms with E-state index in [0.717, 1.165) is 23.4 Å². The second-order valence-corrected chi connectivity index (χ2v) is 7.30. The van der Waals surface area contributed by atoms with Gasteiger partial charge in [0.05, 0.1) is 19.1 Å². The SMILES string of the molecule is CCOCCCNC(=O)C1CCC(=O)N(c2ccc(OC)cc2)C1c1ccccc1. The van der Waals surface area contributed by atoms with Crippen molar-refractivity contribution in [1.29, 1.82) is 0 Å². The third-order valence-corrected chi connectivity index (χ3v) is 5.39. The molecule has 2 unspecified atom stereocenters. The Kier molecular flexibility index (Phi) is 7.85. The quantitative estimate of drug-likeness (QED) is 0.640. The number of amides is 2. The van der Waals surface area contributed by atoms with Crippen molar-refractivity contribution in [2.75, 3.05) is 31.8 Å². The highest BCUT2D eigenvalue weighted by atomic mass is 16.5. The third kappa shape index (κ3) is 5.19. The van der Waals surface area contributed by atoms with Crippen LogP contribution in [0.25, 0.3) is 0 Å². The van der Waals surface area contributed by atoms with E-state index < -0.39 is 0 Å². The maximum absolute atomic E-state index is 13.1. The summed E-state index contributed by atoms with van der Waals surface area (Å²) in [4.78, 5) is 27.8. The summed E-state index contributed by atoms with van der Waals surface area (Å²) in [6.07, 6.45) is 1.64. The maximum Gasteiger partial charge on any atom is 0.227 e. The van der Waals surface area contributed by atoms with Crippen LogP contribution in [0.5, 0.6) is 5.75 Å². The van der Waals surface area contributed by atoms with Gasteiger partial charge in [-0.2, -0.15) is 0 Å². The van der Waals surface area contributed by atoms with Gasteiger partial charge in [-0.1, -0.05) is 30.3 Å². The van der Waals surface area contributed by atoms with Crippen molar-refractivity contribution in [3.8, 4) is 5.75 Å². The predicted octanol–water partition coefficient (Wildman–Crippen LogP) is 3.72. The summed E-state index contributed by atoms with van der Waals surface area (Å²) in [7, 11) is 1.61. The molecule has 1 heterocycles. The average Bonchev–Trinajstić information content (AvgIpc) is 2.79. The van der Waals surface area contributed by atoms with Crippen LogP contribution < -0.4 is 15.0 Å². The Labute approximate surface area is 178 Å². The van der Waals surface area contributed by atoms with Gasteiger partial charge < -0.3 is 19.7 Å². The molecule has 0 aliphatic carbocycles. The zero-order chi connectivity index (χ0) is 21.3. The summed E-state index contributed by atoms with van der Waals surface area (Å²) < 4.78 is 10.6. The summed E-state index contributed by atoms with van der Waals surface area (Å²) >= 11 is 0. The van der Waals surface area contributed by atoms with E-state index in [0.29, 0.717) is 32.6 Å². The molecular weight excluding hydrogens is 380 g/mol. The first kappa shape index (κ1) is 21.8. The summed E-state index contributed by atoms with van der Waals surface area (Å²) in [5.74, 6) is 0.406. The number of nitrogens with one attached hydrogen (secondary N) is 1. The number of carbonyl (C=O) groups excluding carboxylic acids is 2. The highest BCUT2D eigenvalue weighted by Gasteiger charge is 2.41. The summed E-state index contributed by atoms with van der Waals surface area (Å²) in [5.41, 5.74) is 1.72. The van der Waals surface area contributed by atoms with Crippen molar-refractivity contribution < 1.29 is 19.1 Å². The van der Waals surface area contributed by atoms with Gasteiger partial charge in [0.1, 0.15) is 5.75 Å². The van der Waals surface area contributed by atoms with Crippen molar-refractivity contribution in [3.63, 3.8) is 0 Å². The third-order valence-electron chi connectivity index (χ3n) is 5.39. The van der Waals surface area contributed by atoms with E-state index in [2.05, 4.69) is 5.32 Å². The molecule has 1 N–H and O–H groups in total. The van der Waals surface area contributed by atoms with Crippen molar-refractivity contribution in [3.05, 3.63) is 60.2 Å². The van der Waals surface area contributed by atoms with Gasteiger partial charge in [-0.05, 0) is 49.6 Å². The highest BCUT2D eigenvalue weighted by molar-refractivity contribution is 5.97. The van der Waals surface area contributed by atoms with E-state index in [1.165, 1.54) is 0 Å². The normalized spacial score (nSPS) is 18.9. The Morgan fingerprint density at radius 3 is 2.53 bits per heavy atom. The van der Waals surface area contributed by atoms with Crippen LogP contribution in [0.15, 0.2) is 54.6 Å². The van der Waals surface area contributed by atoms with Gasteiger partial charge in [0.25, 0.3) is 0 Å². The van der Waals surface area contributed by atoms with Gasteiger partial charge in [-0.3, -0.25) is 9.59 Å². The molecule has 1 fully saturated rings. The summed E-state index contributed by atoms with van der Waals surface area (Å²) in [6.45, 7) is 3.81.